The minimum absolute atomic E-state index is 0. The molecule has 8 nitrogen and oxygen atoms in total. The molecule has 3 aromatic heterocycles. The molecule has 0 saturated heterocycles. The Hall–Kier alpha value is -3.95. The quantitative estimate of drug-likeness (QED) is 0.437. The van der Waals surface area contributed by atoms with E-state index in [1.165, 1.54) is 19.2 Å². The molecule has 10 heteroatoms. The number of hydrogen-bond donors (Lipinski definition) is 1. The van der Waals surface area contributed by atoms with Crippen LogP contribution in [-0.4, -0.2) is 43.0 Å². The van der Waals surface area contributed by atoms with E-state index < -0.39 is 11.7 Å². The van der Waals surface area contributed by atoms with Gasteiger partial charge in [-0.1, -0.05) is 18.2 Å². The largest absolute Gasteiger partial charge is 0.412 e. The van der Waals surface area contributed by atoms with Crippen LogP contribution in [0.25, 0.3) is 27.9 Å². The van der Waals surface area contributed by atoms with Crippen molar-refractivity contribution in [2.24, 2.45) is 0 Å². The summed E-state index contributed by atoms with van der Waals surface area (Å²) in [5.41, 5.74) is 3.88. The fourth-order valence-corrected chi connectivity index (χ4v) is 3.51. The molecule has 0 radical (unpaired) electrons. The Morgan fingerprint density at radius 3 is 2.67 bits per heavy atom. The molecule has 2 aromatic carbocycles. The van der Waals surface area contributed by atoms with E-state index in [0.29, 0.717) is 23.5 Å². The summed E-state index contributed by atoms with van der Waals surface area (Å²) in [7, 11) is 1.46. The molecule has 5 rings (SSSR count). The maximum atomic E-state index is 14.4. The summed E-state index contributed by atoms with van der Waals surface area (Å²) in [5.74, 6) is -0.633. The average Bonchev–Trinajstić information content (AvgIpc) is 3.20. The zero-order chi connectivity index (χ0) is 21.4. The zero-order valence-corrected chi connectivity index (χ0v) is 18.3. The summed E-state index contributed by atoms with van der Waals surface area (Å²) < 4.78 is 16.0. The van der Waals surface area contributed by atoms with Gasteiger partial charge >= 0.3 is 0 Å². The van der Waals surface area contributed by atoms with Crippen molar-refractivity contribution in [3.63, 3.8) is 0 Å². The highest BCUT2D eigenvalue weighted by Gasteiger charge is 2.14. The van der Waals surface area contributed by atoms with E-state index in [0.717, 1.165) is 22.2 Å². The van der Waals surface area contributed by atoms with E-state index in [1.807, 2.05) is 24.3 Å². The average molecular weight is 467 g/mol. The van der Waals surface area contributed by atoms with Gasteiger partial charge in [-0.05, 0) is 35.9 Å². The Morgan fingerprint density at radius 2 is 1.88 bits per heavy atom. The van der Waals surface area contributed by atoms with Crippen LogP contribution in [0.2, 0.25) is 0 Å². The molecule has 0 aliphatic carbocycles. The van der Waals surface area contributed by atoms with E-state index in [9.17, 15) is 9.18 Å². The molecule has 3 N–H and O–H groups in total. The van der Waals surface area contributed by atoms with E-state index in [2.05, 4.69) is 31.4 Å². The third-order valence-corrected chi connectivity index (χ3v) is 5.09. The van der Waals surface area contributed by atoms with E-state index in [-0.39, 0.29) is 23.4 Å². The molecular formula is C23H20ClFN6O2. The predicted molar refractivity (Wildman–Crippen MR) is 125 cm³/mol. The van der Waals surface area contributed by atoms with Gasteiger partial charge in [0.2, 0.25) is 0 Å². The second kappa shape index (κ2) is 9.68. The van der Waals surface area contributed by atoms with Crippen LogP contribution in [0.5, 0.6) is 0 Å². The maximum Gasteiger partial charge on any atom is 0.253 e. The van der Waals surface area contributed by atoms with Gasteiger partial charge in [0.15, 0.2) is 0 Å². The third-order valence-electron chi connectivity index (χ3n) is 5.09. The number of amides is 1. The zero-order valence-electron chi connectivity index (χ0n) is 17.5. The summed E-state index contributed by atoms with van der Waals surface area (Å²) in [6.07, 6.45) is 5.66. The number of rotatable bonds is 4. The Labute approximate surface area is 194 Å². The Morgan fingerprint density at radius 1 is 1.06 bits per heavy atom. The minimum atomic E-state index is -0.616. The fraction of sp³-hybridized carbons (Fsp3) is 0.0870. The topological polar surface area (TPSA) is 117 Å². The number of benzene rings is 2. The fourth-order valence-electron chi connectivity index (χ4n) is 3.51. The lowest BCUT2D eigenvalue weighted by atomic mass is 10.1. The van der Waals surface area contributed by atoms with Crippen LogP contribution in [0.15, 0.2) is 67.1 Å². The molecule has 0 aliphatic heterocycles. The molecule has 3 heterocycles. The normalized spacial score (nSPS) is 10.5. The molecule has 168 valence electrons. The first-order chi connectivity index (χ1) is 15.1. The first-order valence-electron chi connectivity index (χ1n) is 9.68. The summed E-state index contributed by atoms with van der Waals surface area (Å²) in [4.78, 5) is 24.8. The summed E-state index contributed by atoms with van der Waals surface area (Å²) in [5, 5.41) is 8.09. The lowest BCUT2D eigenvalue weighted by Crippen LogP contribution is -2.19. The molecule has 0 atom stereocenters. The standard InChI is InChI=1S/C23H17FN6O.ClH.H2O/c1-25-22(31)18-6-5-16(11-19(18)24)21-13-28-23-27-12-17(30(23)29-21)10-14-4-7-20-15(9-14)3-2-8-26-20;;/h2-9,11-13H,10H2,1H3,(H,25,31);1H;1H2. The van der Waals surface area contributed by atoms with Gasteiger partial charge in [0.1, 0.15) is 11.5 Å². The van der Waals surface area contributed by atoms with Crippen molar-refractivity contribution in [2.45, 2.75) is 6.42 Å². The summed E-state index contributed by atoms with van der Waals surface area (Å²) in [6, 6.07) is 14.4. The molecule has 1 amide bonds. The Kier molecular flexibility index (Phi) is 6.95. The second-order valence-electron chi connectivity index (χ2n) is 7.09. The molecule has 5 aromatic rings. The van der Waals surface area contributed by atoms with Gasteiger partial charge in [-0.3, -0.25) is 9.78 Å². The molecule has 0 bridgehead atoms. The van der Waals surface area contributed by atoms with Crippen molar-refractivity contribution in [2.75, 3.05) is 7.05 Å². The van der Waals surface area contributed by atoms with Crippen molar-refractivity contribution in [3.8, 4) is 11.3 Å². The summed E-state index contributed by atoms with van der Waals surface area (Å²) >= 11 is 0. The lowest BCUT2D eigenvalue weighted by Gasteiger charge is -2.07. The van der Waals surface area contributed by atoms with Crippen LogP contribution in [0, 0.1) is 5.82 Å². The first kappa shape index (κ1) is 23.7. The molecular weight excluding hydrogens is 447 g/mol. The number of nitrogens with zero attached hydrogens (tertiary/aromatic N) is 5. The van der Waals surface area contributed by atoms with Gasteiger partial charge < -0.3 is 10.8 Å². The van der Waals surface area contributed by atoms with Crippen LogP contribution in [-0.2, 0) is 6.42 Å². The van der Waals surface area contributed by atoms with Crippen LogP contribution >= 0.6 is 12.4 Å². The van der Waals surface area contributed by atoms with E-state index >= 15 is 0 Å². The van der Waals surface area contributed by atoms with Crippen molar-refractivity contribution in [3.05, 3.63) is 89.8 Å². The van der Waals surface area contributed by atoms with E-state index in [4.69, 9.17) is 0 Å². The number of carbonyl (C=O) groups is 1. The highest BCUT2D eigenvalue weighted by atomic mass is 35.5. The molecule has 0 spiro atoms. The Balaban J connectivity index is 0.00000153. The van der Waals surface area contributed by atoms with Gasteiger partial charge in [-0.15, -0.1) is 12.4 Å². The lowest BCUT2D eigenvalue weighted by molar-refractivity contribution is 0.0959. The number of aromatic nitrogens is 5. The number of pyridine rings is 1. The Bertz CT molecular complexity index is 1460. The summed E-state index contributed by atoms with van der Waals surface area (Å²) in [6.45, 7) is 0. The van der Waals surface area contributed by atoms with Crippen LogP contribution < -0.4 is 5.32 Å². The van der Waals surface area contributed by atoms with Crippen molar-refractivity contribution in [1.82, 2.24) is 29.9 Å². The SMILES string of the molecule is CNC(=O)c1ccc(-c2cnc3ncc(Cc4ccc5ncccc5c4)n3n2)cc1F.Cl.O. The minimum Gasteiger partial charge on any atom is -0.412 e. The van der Waals surface area contributed by atoms with Crippen LogP contribution in [0.1, 0.15) is 21.6 Å². The third kappa shape index (κ3) is 4.50. The monoisotopic (exact) mass is 466 g/mol. The number of imidazole rings is 1. The smallest absolute Gasteiger partial charge is 0.253 e. The molecule has 0 fully saturated rings. The van der Waals surface area contributed by atoms with Crippen molar-refractivity contribution < 1.29 is 14.7 Å². The van der Waals surface area contributed by atoms with Gasteiger partial charge in [0.05, 0.1) is 29.2 Å². The number of fused-ring (bicyclic) bond motifs is 2. The van der Waals surface area contributed by atoms with E-state index in [1.54, 1.807) is 29.2 Å². The first-order valence-corrected chi connectivity index (χ1v) is 9.68. The number of halogens is 2. The predicted octanol–water partition coefficient (Wildman–Crippen LogP) is 3.03. The molecule has 0 saturated carbocycles. The second-order valence-corrected chi connectivity index (χ2v) is 7.09. The van der Waals surface area contributed by atoms with Gasteiger partial charge in [0, 0.05) is 30.6 Å². The highest BCUT2D eigenvalue weighted by molar-refractivity contribution is 5.94. The van der Waals surface area contributed by atoms with Crippen molar-refractivity contribution >= 4 is 35.0 Å². The van der Waals surface area contributed by atoms with Crippen molar-refractivity contribution in [1.29, 1.82) is 0 Å². The highest BCUT2D eigenvalue weighted by Crippen LogP contribution is 2.21. The van der Waals surface area contributed by atoms with Crippen LogP contribution in [0.4, 0.5) is 4.39 Å². The molecule has 0 unspecified atom stereocenters. The van der Waals surface area contributed by atoms with Gasteiger partial charge in [0.25, 0.3) is 11.7 Å². The van der Waals surface area contributed by atoms with Crippen LogP contribution in [0.3, 0.4) is 0 Å². The molecule has 0 aliphatic rings. The number of carbonyl (C=O) groups excluding carboxylic acids is 1. The van der Waals surface area contributed by atoms with Gasteiger partial charge in [-0.25, -0.2) is 18.9 Å². The number of hydrogen-bond acceptors (Lipinski definition) is 5. The number of nitrogens with one attached hydrogen (secondary N) is 1. The van der Waals surface area contributed by atoms with Gasteiger partial charge in [-0.2, -0.15) is 5.10 Å². The molecule has 33 heavy (non-hydrogen) atoms. The maximum absolute atomic E-state index is 14.4.